The minimum absolute atomic E-state index is 0.00817. The molecule has 2 saturated carbocycles. The first-order chi connectivity index (χ1) is 10.5. The molecule has 1 aromatic rings. The topological polar surface area (TPSA) is 18.5 Å². The average Bonchev–Trinajstić information content (AvgIpc) is 2.82. The van der Waals surface area contributed by atoms with E-state index in [0.29, 0.717) is 6.42 Å². The highest BCUT2D eigenvalue weighted by Gasteiger charge is 2.62. The van der Waals surface area contributed by atoms with Crippen LogP contribution < -0.4 is 4.78 Å². The van der Waals surface area contributed by atoms with Crippen LogP contribution in [-0.2, 0) is 14.7 Å². The van der Waals surface area contributed by atoms with E-state index in [1.54, 1.807) is 11.3 Å². The molecular formula is C17H23BF2O2S. The quantitative estimate of drug-likeness (QED) is 0.754. The van der Waals surface area contributed by atoms with Crippen molar-refractivity contribution >= 4 is 23.2 Å². The SMILES string of the molecule is CC1(C)OB(c2ccc(C34CCC(F)(F)CC3C4)s2)OC1(C)C. The van der Waals surface area contributed by atoms with Gasteiger partial charge in [0.15, 0.2) is 0 Å². The van der Waals surface area contributed by atoms with Gasteiger partial charge in [-0.25, -0.2) is 8.78 Å². The smallest absolute Gasteiger partial charge is 0.399 e. The fourth-order valence-electron chi connectivity index (χ4n) is 3.95. The third-order valence-corrected chi connectivity index (χ3v) is 7.64. The van der Waals surface area contributed by atoms with Crippen LogP contribution in [-0.4, -0.2) is 24.2 Å². The largest absolute Gasteiger partial charge is 0.505 e. The van der Waals surface area contributed by atoms with Gasteiger partial charge in [0.2, 0.25) is 5.92 Å². The number of fused-ring (bicyclic) bond motifs is 1. The highest BCUT2D eigenvalue weighted by Crippen LogP contribution is 2.65. The molecule has 2 aliphatic carbocycles. The lowest BCUT2D eigenvalue weighted by Crippen LogP contribution is -2.41. The van der Waals surface area contributed by atoms with Gasteiger partial charge >= 0.3 is 7.12 Å². The van der Waals surface area contributed by atoms with E-state index in [4.69, 9.17) is 9.31 Å². The van der Waals surface area contributed by atoms with Crippen molar-refractivity contribution in [3.05, 3.63) is 17.0 Å². The van der Waals surface area contributed by atoms with Crippen LogP contribution in [0.25, 0.3) is 0 Å². The first-order valence-corrected chi connectivity index (χ1v) is 9.20. The summed E-state index contributed by atoms with van der Waals surface area (Å²) in [6.45, 7) is 8.17. The summed E-state index contributed by atoms with van der Waals surface area (Å²) in [6, 6.07) is 4.16. The van der Waals surface area contributed by atoms with Gasteiger partial charge in [-0.15, -0.1) is 11.3 Å². The van der Waals surface area contributed by atoms with Crippen LogP contribution in [0.5, 0.6) is 0 Å². The number of thiophene rings is 1. The van der Waals surface area contributed by atoms with Crippen LogP contribution >= 0.6 is 11.3 Å². The zero-order valence-electron chi connectivity index (χ0n) is 14.1. The van der Waals surface area contributed by atoms with Crippen LogP contribution in [0, 0.1) is 5.92 Å². The van der Waals surface area contributed by atoms with E-state index < -0.39 is 5.92 Å². The summed E-state index contributed by atoms with van der Waals surface area (Å²) in [7, 11) is -0.350. The Labute approximate surface area is 140 Å². The molecule has 6 heteroatoms. The first-order valence-electron chi connectivity index (χ1n) is 8.38. The second-order valence-corrected chi connectivity index (χ2v) is 9.52. The van der Waals surface area contributed by atoms with Crippen molar-refractivity contribution in [3.63, 3.8) is 0 Å². The molecule has 3 aliphatic rings. The molecule has 126 valence electrons. The maximum Gasteiger partial charge on any atom is 0.505 e. The van der Waals surface area contributed by atoms with Gasteiger partial charge < -0.3 is 9.31 Å². The molecule has 0 radical (unpaired) electrons. The third-order valence-electron chi connectivity index (χ3n) is 6.32. The Morgan fingerprint density at radius 2 is 1.70 bits per heavy atom. The number of hydrogen-bond donors (Lipinski definition) is 0. The Kier molecular flexibility index (Phi) is 3.20. The van der Waals surface area contributed by atoms with Crippen LogP contribution in [0.4, 0.5) is 8.78 Å². The molecule has 1 aromatic heterocycles. The predicted octanol–water partition coefficient (Wildman–Crippen LogP) is 4.12. The Balaban J connectivity index is 1.54. The Bertz CT molecular complexity index is 626. The maximum atomic E-state index is 13.6. The van der Waals surface area contributed by atoms with Crippen molar-refractivity contribution in [2.24, 2.45) is 5.92 Å². The molecule has 0 N–H and O–H groups in total. The number of alkyl halides is 2. The zero-order valence-corrected chi connectivity index (χ0v) is 14.9. The summed E-state index contributed by atoms with van der Waals surface area (Å²) < 4.78 is 40.4. The molecule has 2 unspecified atom stereocenters. The maximum absolute atomic E-state index is 13.6. The highest BCUT2D eigenvalue weighted by atomic mass is 32.1. The van der Waals surface area contributed by atoms with Gasteiger partial charge in [-0.3, -0.25) is 0 Å². The van der Waals surface area contributed by atoms with E-state index in [2.05, 4.69) is 12.1 Å². The van der Waals surface area contributed by atoms with Gasteiger partial charge in [-0.1, -0.05) is 6.07 Å². The van der Waals surface area contributed by atoms with Gasteiger partial charge in [0.05, 0.1) is 11.2 Å². The van der Waals surface area contributed by atoms with Gasteiger partial charge in [-0.05, 0) is 52.5 Å². The normalized spacial score (nSPS) is 36.8. The summed E-state index contributed by atoms with van der Waals surface area (Å²) in [5, 5.41) is 0. The van der Waals surface area contributed by atoms with E-state index >= 15 is 0 Å². The summed E-state index contributed by atoms with van der Waals surface area (Å²) in [5.74, 6) is -2.31. The monoisotopic (exact) mass is 340 g/mol. The van der Waals surface area contributed by atoms with Crippen molar-refractivity contribution in [3.8, 4) is 0 Å². The van der Waals surface area contributed by atoms with Crippen molar-refractivity contribution < 1.29 is 18.1 Å². The molecule has 2 nitrogen and oxygen atoms in total. The minimum Gasteiger partial charge on any atom is -0.399 e. The van der Waals surface area contributed by atoms with Crippen molar-refractivity contribution in [2.45, 2.75) is 75.9 Å². The standard InChI is InChI=1S/C17H23BF2O2S/c1-14(2)15(3,4)22-18(21-14)13-6-5-12(23-13)16-7-8-17(19,20)10-11(16)9-16/h5-6,11H,7-10H2,1-4H3. The fourth-order valence-corrected chi connectivity index (χ4v) is 5.23. The Hall–Kier alpha value is -0.455. The lowest BCUT2D eigenvalue weighted by molar-refractivity contribution is -0.0405. The van der Waals surface area contributed by atoms with Crippen LogP contribution in [0.1, 0.15) is 58.3 Å². The van der Waals surface area contributed by atoms with E-state index in [1.807, 2.05) is 27.7 Å². The van der Waals surface area contributed by atoms with E-state index in [9.17, 15) is 8.78 Å². The van der Waals surface area contributed by atoms with Crippen LogP contribution in [0.3, 0.4) is 0 Å². The lowest BCUT2D eigenvalue weighted by atomic mass is 9.84. The molecular weight excluding hydrogens is 317 g/mol. The zero-order chi connectivity index (χ0) is 16.7. The second kappa shape index (κ2) is 4.58. The minimum atomic E-state index is -2.46. The molecule has 4 rings (SSSR count). The van der Waals surface area contributed by atoms with Crippen LogP contribution in [0.15, 0.2) is 12.1 Å². The van der Waals surface area contributed by atoms with Crippen molar-refractivity contribution in [1.29, 1.82) is 0 Å². The summed E-state index contributed by atoms with van der Waals surface area (Å²) >= 11 is 1.68. The van der Waals surface area contributed by atoms with Gasteiger partial charge in [0, 0.05) is 27.9 Å². The molecule has 2 heterocycles. The van der Waals surface area contributed by atoms with E-state index in [0.717, 1.165) is 11.2 Å². The van der Waals surface area contributed by atoms with E-state index in [1.165, 1.54) is 4.88 Å². The molecule has 0 spiro atoms. The first kappa shape index (κ1) is 16.0. The third kappa shape index (κ3) is 2.40. The van der Waals surface area contributed by atoms with Gasteiger partial charge in [0.25, 0.3) is 0 Å². The Morgan fingerprint density at radius 1 is 1.04 bits per heavy atom. The molecule has 3 fully saturated rings. The summed E-state index contributed by atoms with van der Waals surface area (Å²) in [6.07, 6.45) is 1.59. The van der Waals surface area contributed by atoms with Gasteiger partial charge in [-0.2, -0.15) is 0 Å². The number of hydrogen-bond acceptors (Lipinski definition) is 3. The molecule has 0 bridgehead atoms. The van der Waals surface area contributed by atoms with Crippen LogP contribution in [0.2, 0.25) is 0 Å². The summed E-state index contributed by atoms with van der Waals surface area (Å²) in [5.41, 5.74) is -0.696. The Morgan fingerprint density at radius 3 is 2.30 bits per heavy atom. The number of rotatable bonds is 2. The molecule has 0 amide bonds. The molecule has 1 saturated heterocycles. The molecule has 0 aromatic carbocycles. The van der Waals surface area contributed by atoms with Crippen molar-refractivity contribution in [1.82, 2.24) is 0 Å². The molecule has 2 atom stereocenters. The lowest BCUT2D eigenvalue weighted by Gasteiger charge is -2.32. The van der Waals surface area contributed by atoms with Gasteiger partial charge in [0.1, 0.15) is 0 Å². The fraction of sp³-hybridized carbons (Fsp3) is 0.765. The molecule has 23 heavy (non-hydrogen) atoms. The van der Waals surface area contributed by atoms with E-state index in [-0.39, 0.29) is 42.5 Å². The highest BCUT2D eigenvalue weighted by molar-refractivity contribution is 7.22. The average molecular weight is 340 g/mol. The molecule has 1 aliphatic heterocycles. The predicted molar refractivity (Wildman–Crippen MR) is 88.6 cm³/mol. The number of halogens is 2. The summed E-state index contributed by atoms with van der Waals surface area (Å²) in [4.78, 5) is 1.24. The van der Waals surface area contributed by atoms with Crippen molar-refractivity contribution in [2.75, 3.05) is 0 Å². The second-order valence-electron chi connectivity index (χ2n) is 8.41.